The number of aromatic nitrogens is 2. The third-order valence-electron chi connectivity index (χ3n) is 7.66. The number of carboxylic acids is 1. The molecule has 4 aliphatic carbocycles. The molecule has 0 aliphatic heterocycles. The first-order chi connectivity index (χ1) is 15.3. The monoisotopic (exact) mass is 457 g/mol. The SMILES string of the molecule is COc1cccc(CNc2cnn(C34C[C@@H]5C[C@H](CC(CC(=O)O)(C5)C3)C4)c(=O)c2Cl)c1. The summed E-state index contributed by atoms with van der Waals surface area (Å²) < 4.78 is 6.84. The maximum atomic E-state index is 13.3. The van der Waals surface area contributed by atoms with Gasteiger partial charge in [-0.15, -0.1) is 0 Å². The van der Waals surface area contributed by atoms with Gasteiger partial charge in [0.2, 0.25) is 0 Å². The lowest BCUT2D eigenvalue weighted by Crippen LogP contribution is -2.59. The van der Waals surface area contributed by atoms with Gasteiger partial charge in [0.1, 0.15) is 10.8 Å². The highest BCUT2D eigenvalue weighted by molar-refractivity contribution is 6.32. The maximum absolute atomic E-state index is 13.3. The van der Waals surface area contributed by atoms with Crippen LogP contribution in [0.5, 0.6) is 5.75 Å². The molecule has 1 aromatic heterocycles. The Balaban J connectivity index is 1.42. The van der Waals surface area contributed by atoms with Crippen LogP contribution in [0.25, 0.3) is 0 Å². The Morgan fingerprint density at radius 1 is 1.31 bits per heavy atom. The zero-order valence-corrected chi connectivity index (χ0v) is 18.9. The number of benzene rings is 1. The number of carboxylic acid groups (broad SMARTS) is 1. The van der Waals surface area contributed by atoms with Gasteiger partial charge < -0.3 is 15.2 Å². The second kappa shape index (κ2) is 7.80. The Morgan fingerprint density at radius 3 is 2.75 bits per heavy atom. The first-order valence-corrected chi connectivity index (χ1v) is 11.6. The number of halogens is 1. The molecular formula is C24H28ClN3O4. The van der Waals surface area contributed by atoms with Crippen molar-refractivity contribution >= 4 is 23.3 Å². The molecule has 6 rings (SSSR count). The van der Waals surface area contributed by atoms with Crippen LogP contribution in [0.15, 0.2) is 35.3 Å². The van der Waals surface area contributed by atoms with Crippen LogP contribution in [0.3, 0.4) is 0 Å². The molecule has 1 heterocycles. The quantitative estimate of drug-likeness (QED) is 0.644. The molecule has 8 heteroatoms. The summed E-state index contributed by atoms with van der Waals surface area (Å²) in [7, 11) is 1.62. The summed E-state index contributed by atoms with van der Waals surface area (Å²) in [6.07, 6.45) is 7.28. The molecule has 0 unspecified atom stereocenters. The van der Waals surface area contributed by atoms with Gasteiger partial charge in [-0.25, -0.2) is 4.68 Å². The van der Waals surface area contributed by atoms with Crippen molar-refractivity contribution < 1.29 is 14.6 Å². The fourth-order valence-corrected chi connectivity index (χ4v) is 7.25. The van der Waals surface area contributed by atoms with Crippen LogP contribution in [0, 0.1) is 17.3 Å². The molecular weight excluding hydrogens is 430 g/mol. The minimum absolute atomic E-state index is 0.130. The standard InChI is InChI=1S/C24H28ClN3O4/c1-32-18-4-2-3-15(6-18)12-26-19-13-27-28(22(31)21(19)25)24-9-16-5-17(10-24)8-23(7-16,14-24)11-20(29)30/h2-4,6,13,16-17,26H,5,7-12,14H2,1H3,(H,29,30)/t16-,17-,23?,24?/m1/s1. The van der Waals surface area contributed by atoms with E-state index in [0.29, 0.717) is 30.5 Å². The van der Waals surface area contributed by atoms with Gasteiger partial charge in [0.25, 0.3) is 5.56 Å². The van der Waals surface area contributed by atoms with Crippen molar-refractivity contribution in [3.8, 4) is 5.75 Å². The van der Waals surface area contributed by atoms with Gasteiger partial charge in [0.15, 0.2) is 0 Å². The molecule has 4 bridgehead atoms. The Morgan fingerprint density at radius 2 is 2.06 bits per heavy atom. The smallest absolute Gasteiger partial charge is 0.303 e. The number of nitrogens with zero attached hydrogens (tertiary/aromatic N) is 2. The molecule has 7 nitrogen and oxygen atoms in total. The number of aliphatic carboxylic acids is 1. The van der Waals surface area contributed by atoms with E-state index in [1.165, 1.54) is 0 Å². The van der Waals surface area contributed by atoms with Gasteiger partial charge >= 0.3 is 5.97 Å². The Kier molecular flexibility index (Phi) is 5.19. The van der Waals surface area contributed by atoms with Crippen molar-refractivity contribution in [2.24, 2.45) is 17.3 Å². The van der Waals surface area contributed by atoms with Gasteiger partial charge in [-0.3, -0.25) is 9.59 Å². The largest absolute Gasteiger partial charge is 0.497 e. The third kappa shape index (κ3) is 3.66. The summed E-state index contributed by atoms with van der Waals surface area (Å²) >= 11 is 6.53. The number of anilines is 1. The highest BCUT2D eigenvalue weighted by Gasteiger charge is 2.59. The number of nitrogens with one attached hydrogen (secondary N) is 1. The fourth-order valence-electron chi connectivity index (χ4n) is 7.05. The van der Waals surface area contributed by atoms with Crippen molar-refractivity contribution in [1.82, 2.24) is 9.78 Å². The van der Waals surface area contributed by atoms with E-state index in [2.05, 4.69) is 10.4 Å². The number of ether oxygens (including phenoxy) is 1. The molecule has 4 aliphatic rings. The Hall–Kier alpha value is -2.54. The molecule has 2 atom stereocenters. The van der Waals surface area contributed by atoms with Gasteiger partial charge in [-0.05, 0) is 73.5 Å². The first kappa shape index (κ1) is 21.3. The normalized spacial score (nSPS) is 30.3. The molecule has 4 saturated carbocycles. The second-order valence-electron chi connectivity index (χ2n) is 10.1. The van der Waals surface area contributed by atoms with Crippen molar-refractivity contribution in [3.05, 3.63) is 51.4 Å². The molecule has 32 heavy (non-hydrogen) atoms. The summed E-state index contributed by atoms with van der Waals surface area (Å²) in [5.74, 6) is 0.918. The molecule has 2 aromatic rings. The highest BCUT2D eigenvalue weighted by Crippen LogP contribution is 2.65. The fraction of sp³-hybridized carbons (Fsp3) is 0.542. The minimum atomic E-state index is -0.752. The third-order valence-corrected chi connectivity index (χ3v) is 8.03. The zero-order valence-electron chi connectivity index (χ0n) is 18.1. The Bertz CT molecular complexity index is 1100. The van der Waals surface area contributed by atoms with E-state index in [-0.39, 0.29) is 22.4 Å². The van der Waals surface area contributed by atoms with E-state index in [9.17, 15) is 14.7 Å². The van der Waals surface area contributed by atoms with Crippen molar-refractivity contribution in [3.63, 3.8) is 0 Å². The number of carbonyl (C=O) groups is 1. The van der Waals surface area contributed by atoms with Crippen LogP contribution < -0.4 is 15.6 Å². The average Bonchev–Trinajstić information content (AvgIpc) is 2.73. The summed E-state index contributed by atoms with van der Waals surface area (Å²) in [5, 5.41) is 17.4. The van der Waals surface area contributed by atoms with E-state index in [4.69, 9.17) is 16.3 Å². The lowest BCUT2D eigenvalue weighted by atomic mass is 9.46. The predicted octanol–water partition coefficient (Wildman–Crippen LogP) is 4.29. The molecule has 1 aromatic carbocycles. The van der Waals surface area contributed by atoms with Crippen molar-refractivity contribution in [1.29, 1.82) is 0 Å². The molecule has 2 N–H and O–H groups in total. The molecule has 170 valence electrons. The van der Waals surface area contributed by atoms with E-state index < -0.39 is 11.5 Å². The first-order valence-electron chi connectivity index (χ1n) is 11.2. The van der Waals surface area contributed by atoms with Crippen LogP contribution in [0.2, 0.25) is 5.02 Å². The molecule has 0 spiro atoms. The predicted molar refractivity (Wildman–Crippen MR) is 121 cm³/mol. The molecule has 0 saturated heterocycles. The summed E-state index contributed by atoms with van der Waals surface area (Å²) in [5.41, 5.74) is 0.551. The molecule has 0 amide bonds. The number of hydrogen-bond acceptors (Lipinski definition) is 5. The van der Waals surface area contributed by atoms with E-state index >= 15 is 0 Å². The van der Waals surface area contributed by atoms with Gasteiger partial charge in [0.05, 0.1) is 31.0 Å². The van der Waals surface area contributed by atoms with Crippen LogP contribution in [-0.4, -0.2) is 28.0 Å². The zero-order chi connectivity index (χ0) is 22.5. The highest BCUT2D eigenvalue weighted by atomic mass is 35.5. The maximum Gasteiger partial charge on any atom is 0.303 e. The van der Waals surface area contributed by atoms with Crippen LogP contribution >= 0.6 is 11.6 Å². The van der Waals surface area contributed by atoms with E-state index in [0.717, 1.165) is 43.4 Å². The second-order valence-corrected chi connectivity index (χ2v) is 10.4. The average molecular weight is 458 g/mol. The van der Waals surface area contributed by atoms with E-state index in [1.54, 1.807) is 18.0 Å². The number of rotatable bonds is 7. The summed E-state index contributed by atoms with van der Waals surface area (Å²) in [6, 6.07) is 7.68. The van der Waals surface area contributed by atoms with Gasteiger partial charge in [-0.1, -0.05) is 23.7 Å². The van der Waals surface area contributed by atoms with Crippen LogP contribution in [-0.2, 0) is 16.9 Å². The Labute approximate surface area is 191 Å². The van der Waals surface area contributed by atoms with Crippen LogP contribution in [0.4, 0.5) is 5.69 Å². The summed E-state index contributed by atoms with van der Waals surface area (Å²) in [6.45, 7) is 0.485. The number of hydrogen-bond donors (Lipinski definition) is 2. The molecule has 4 fully saturated rings. The molecule has 0 radical (unpaired) electrons. The van der Waals surface area contributed by atoms with E-state index in [1.807, 2.05) is 24.3 Å². The lowest BCUT2D eigenvalue weighted by molar-refractivity contribution is -0.151. The van der Waals surface area contributed by atoms with Crippen molar-refractivity contribution in [2.75, 3.05) is 12.4 Å². The lowest BCUT2D eigenvalue weighted by Gasteiger charge is -2.61. The van der Waals surface area contributed by atoms with Crippen LogP contribution in [0.1, 0.15) is 50.5 Å². The minimum Gasteiger partial charge on any atom is -0.497 e. The van der Waals surface area contributed by atoms with Crippen molar-refractivity contribution in [2.45, 2.75) is 57.0 Å². The topological polar surface area (TPSA) is 93.4 Å². The summed E-state index contributed by atoms with van der Waals surface area (Å²) in [4.78, 5) is 24.9. The van der Waals surface area contributed by atoms with Gasteiger partial charge in [0, 0.05) is 6.54 Å². The number of methoxy groups -OCH3 is 1. The van der Waals surface area contributed by atoms with Gasteiger partial charge in [-0.2, -0.15) is 5.10 Å².